The lowest BCUT2D eigenvalue weighted by Gasteiger charge is -2.06. The van der Waals surface area contributed by atoms with E-state index >= 15 is 0 Å². The number of fused-ring (bicyclic) bond motifs is 1. The van der Waals surface area contributed by atoms with Crippen LogP contribution in [0.2, 0.25) is 0 Å². The number of pyridine rings is 1. The Morgan fingerprint density at radius 2 is 1.78 bits per heavy atom. The van der Waals surface area contributed by atoms with Crippen LogP contribution in [0.15, 0.2) is 59.4 Å². The average molecular weight is 236 g/mol. The number of rotatable bonds is 1. The van der Waals surface area contributed by atoms with Gasteiger partial charge in [-0.1, -0.05) is 36.4 Å². The zero-order chi connectivity index (χ0) is 12.5. The van der Waals surface area contributed by atoms with Crippen LogP contribution in [0.3, 0.4) is 0 Å². The zero-order valence-electron chi connectivity index (χ0n) is 10.00. The van der Waals surface area contributed by atoms with Gasteiger partial charge in [-0.2, -0.15) is 0 Å². The van der Waals surface area contributed by atoms with Gasteiger partial charge in [-0.3, -0.25) is 9.20 Å². The highest BCUT2D eigenvalue weighted by molar-refractivity contribution is 5.61. The predicted octanol–water partition coefficient (Wildman–Crippen LogP) is 2.67. The molecule has 0 spiro atoms. The van der Waals surface area contributed by atoms with E-state index in [0.29, 0.717) is 11.3 Å². The highest BCUT2D eigenvalue weighted by atomic mass is 16.1. The summed E-state index contributed by atoms with van der Waals surface area (Å²) in [6.45, 7) is 1.90. The van der Waals surface area contributed by atoms with Crippen molar-refractivity contribution in [3.05, 3.63) is 70.6 Å². The molecule has 0 aliphatic heterocycles. The summed E-state index contributed by atoms with van der Waals surface area (Å²) in [7, 11) is 0. The normalized spacial score (nSPS) is 10.7. The summed E-state index contributed by atoms with van der Waals surface area (Å²) in [4.78, 5) is 16.6. The Bertz CT molecular complexity index is 760. The number of aryl methyl sites for hydroxylation is 1. The van der Waals surface area contributed by atoms with Crippen LogP contribution in [0.1, 0.15) is 5.69 Å². The van der Waals surface area contributed by atoms with Crippen molar-refractivity contribution in [1.29, 1.82) is 0 Å². The SMILES string of the molecule is Cc1cccc2nc(-c3ccccc3)cc(=O)n12. The molecule has 3 nitrogen and oxygen atoms in total. The Kier molecular flexibility index (Phi) is 2.45. The molecule has 2 heterocycles. The molecule has 0 aliphatic carbocycles. The minimum absolute atomic E-state index is 0.0445. The van der Waals surface area contributed by atoms with Crippen molar-refractivity contribution in [3.63, 3.8) is 0 Å². The summed E-state index contributed by atoms with van der Waals surface area (Å²) >= 11 is 0. The molecule has 3 aromatic rings. The Balaban J connectivity index is 2.33. The molecule has 0 unspecified atom stereocenters. The number of hydrogen-bond acceptors (Lipinski definition) is 2. The summed E-state index contributed by atoms with van der Waals surface area (Å²) < 4.78 is 1.62. The lowest BCUT2D eigenvalue weighted by Crippen LogP contribution is -2.16. The van der Waals surface area contributed by atoms with Crippen LogP contribution in [-0.2, 0) is 0 Å². The molecule has 18 heavy (non-hydrogen) atoms. The molecule has 0 saturated heterocycles. The summed E-state index contributed by atoms with van der Waals surface area (Å²) in [6.07, 6.45) is 0. The molecule has 0 atom stereocenters. The second kappa shape index (κ2) is 4.11. The number of aromatic nitrogens is 2. The largest absolute Gasteiger partial charge is 0.269 e. The Labute approximate surface area is 104 Å². The smallest absolute Gasteiger partial charge is 0.258 e. The van der Waals surface area contributed by atoms with Gasteiger partial charge >= 0.3 is 0 Å². The highest BCUT2D eigenvalue weighted by Gasteiger charge is 2.05. The van der Waals surface area contributed by atoms with Gasteiger partial charge in [0.15, 0.2) is 0 Å². The second-order valence-electron chi connectivity index (χ2n) is 4.21. The van der Waals surface area contributed by atoms with E-state index < -0.39 is 0 Å². The van der Waals surface area contributed by atoms with E-state index in [0.717, 1.165) is 11.3 Å². The molecule has 0 N–H and O–H groups in total. The third-order valence-electron chi connectivity index (χ3n) is 2.95. The fourth-order valence-corrected chi connectivity index (χ4v) is 2.07. The number of nitrogens with zero attached hydrogens (tertiary/aromatic N) is 2. The van der Waals surface area contributed by atoms with Crippen LogP contribution >= 0.6 is 0 Å². The Hall–Kier alpha value is -2.42. The van der Waals surface area contributed by atoms with Crippen molar-refractivity contribution >= 4 is 5.65 Å². The first-order valence-electron chi connectivity index (χ1n) is 5.80. The maximum atomic E-state index is 12.1. The molecule has 0 aliphatic rings. The molecule has 0 radical (unpaired) electrons. The molecule has 2 aromatic heterocycles. The predicted molar refractivity (Wildman–Crippen MR) is 71.6 cm³/mol. The van der Waals surface area contributed by atoms with Gasteiger partial charge in [0, 0.05) is 17.3 Å². The lowest BCUT2D eigenvalue weighted by atomic mass is 10.1. The molecule has 0 saturated carbocycles. The van der Waals surface area contributed by atoms with E-state index in [1.54, 1.807) is 10.5 Å². The third kappa shape index (κ3) is 1.70. The second-order valence-corrected chi connectivity index (χ2v) is 4.21. The zero-order valence-corrected chi connectivity index (χ0v) is 10.00. The van der Waals surface area contributed by atoms with E-state index in [1.807, 2.05) is 55.5 Å². The van der Waals surface area contributed by atoms with Crippen LogP contribution in [0.4, 0.5) is 0 Å². The fourth-order valence-electron chi connectivity index (χ4n) is 2.07. The Morgan fingerprint density at radius 3 is 2.56 bits per heavy atom. The van der Waals surface area contributed by atoms with E-state index in [9.17, 15) is 4.79 Å². The molecular formula is C15H12N2O. The van der Waals surface area contributed by atoms with Crippen molar-refractivity contribution in [2.24, 2.45) is 0 Å². The fraction of sp³-hybridized carbons (Fsp3) is 0.0667. The van der Waals surface area contributed by atoms with Gasteiger partial charge in [-0.25, -0.2) is 4.98 Å². The van der Waals surface area contributed by atoms with Crippen LogP contribution < -0.4 is 5.56 Å². The summed E-state index contributed by atoms with van der Waals surface area (Å²) in [5, 5.41) is 0. The van der Waals surface area contributed by atoms with Gasteiger partial charge in [0.2, 0.25) is 0 Å². The average Bonchev–Trinajstić information content (AvgIpc) is 2.39. The van der Waals surface area contributed by atoms with Crippen LogP contribution in [0.5, 0.6) is 0 Å². The minimum atomic E-state index is -0.0445. The molecule has 0 amide bonds. The van der Waals surface area contributed by atoms with Crippen molar-refractivity contribution in [1.82, 2.24) is 9.38 Å². The van der Waals surface area contributed by atoms with E-state index in [2.05, 4.69) is 4.98 Å². The first kappa shape index (κ1) is 10.7. The molecular weight excluding hydrogens is 224 g/mol. The van der Waals surface area contributed by atoms with Crippen molar-refractivity contribution in [2.75, 3.05) is 0 Å². The van der Waals surface area contributed by atoms with Crippen molar-refractivity contribution in [2.45, 2.75) is 6.92 Å². The van der Waals surface area contributed by atoms with Crippen LogP contribution in [0.25, 0.3) is 16.9 Å². The van der Waals surface area contributed by atoms with Crippen molar-refractivity contribution < 1.29 is 0 Å². The quantitative estimate of drug-likeness (QED) is 0.651. The Morgan fingerprint density at radius 1 is 1.00 bits per heavy atom. The highest BCUT2D eigenvalue weighted by Crippen LogP contribution is 2.15. The maximum Gasteiger partial charge on any atom is 0.258 e. The van der Waals surface area contributed by atoms with Crippen LogP contribution in [-0.4, -0.2) is 9.38 Å². The van der Waals surface area contributed by atoms with Gasteiger partial charge in [-0.15, -0.1) is 0 Å². The molecule has 3 heteroatoms. The first-order chi connectivity index (χ1) is 8.75. The first-order valence-corrected chi connectivity index (χ1v) is 5.80. The third-order valence-corrected chi connectivity index (χ3v) is 2.95. The van der Waals surface area contributed by atoms with Gasteiger partial charge < -0.3 is 0 Å². The van der Waals surface area contributed by atoms with E-state index in [-0.39, 0.29) is 5.56 Å². The minimum Gasteiger partial charge on any atom is -0.269 e. The summed E-state index contributed by atoms with van der Waals surface area (Å²) in [5.41, 5.74) is 3.20. The van der Waals surface area contributed by atoms with Gasteiger partial charge in [0.05, 0.1) is 5.69 Å². The number of hydrogen-bond donors (Lipinski definition) is 0. The summed E-state index contributed by atoms with van der Waals surface area (Å²) in [6, 6.07) is 17.0. The standard InChI is InChI=1S/C15H12N2O/c1-11-6-5-9-14-16-13(10-15(18)17(11)14)12-7-3-2-4-8-12/h2-10H,1H3. The number of benzene rings is 1. The molecule has 0 bridgehead atoms. The molecule has 88 valence electrons. The van der Waals surface area contributed by atoms with E-state index in [1.165, 1.54) is 0 Å². The van der Waals surface area contributed by atoms with E-state index in [4.69, 9.17) is 0 Å². The van der Waals surface area contributed by atoms with Crippen LogP contribution in [0, 0.1) is 6.92 Å². The molecule has 1 aromatic carbocycles. The van der Waals surface area contributed by atoms with Gasteiger partial charge in [0.1, 0.15) is 5.65 Å². The topological polar surface area (TPSA) is 34.4 Å². The maximum absolute atomic E-state index is 12.1. The summed E-state index contributed by atoms with van der Waals surface area (Å²) in [5.74, 6) is 0. The lowest BCUT2D eigenvalue weighted by molar-refractivity contribution is 0.993. The van der Waals surface area contributed by atoms with Crippen molar-refractivity contribution in [3.8, 4) is 11.3 Å². The molecule has 3 rings (SSSR count). The van der Waals surface area contributed by atoms with Gasteiger partial charge in [0.25, 0.3) is 5.56 Å². The molecule has 0 fully saturated rings. The van der Waals surface area contributed by atoms with Gasteiger partial charge in [-0.05, 0) is 19.1 Å². The monoisotopic (exact) mass is 236 g/mol.